The van der Waals surface area contributed by atoms with Crippen molar-refractivity contribution >= 4 is 52.7 Å². The number of aromatic nitrogens is 2. The highest BCUT2D eigenvalue weighted by molar-refractivity contribution is 5.98. The molecule has 0 saturated heterocycles. The second-order valence-electron chi connectivity index (χ2n) is 17.4. The van der Waals surface area contributed by atoms with Gasteiger partial charge in [0.25, 0.3) is 5.56 Å². The number of ether oxygens (including phenoxy) is 5. The summed E-state index contributed by atoms with van der Waals surface area (Å²) >= 11 is 0. The van der Waals surface area contributed by atoms with Crippen LogP contribution >= 0.6 is 0 Å². The lowest BCUT2D eigenvalue weighted by molar-refractivity contribution is -0.175. The molecule has 6 rings (SSSR count). The zero-order valence-corrected chi connectivity index (χ0v) is 38.4. The van der Waals surface area contributed by atoms with Crippen LogP contribution in [0.5, 0.6) is 5.75 Å². The lowest BCUT2D eigenvalue weighted by Crippen LogP contribution is -2.55. The Morgan fingerprint density at radius 2 is 1.70 bits per heavy atom. The van der Waals surface area contributed by atoms with Gasteiger partial charge in [-0.3, -0.25) is 14.4 Å². The van der Waals surface area contributed by atoms with E-state index in [-0.39, 0.29) is 68.2 Å². The number of esters is 1. The molecular weight excluding hydrogens is 855 g/mol. The number of hydrogen-bond acceptors (Lipinski definition) is 13. The number of nitrogens with one attached hydrogen (secondary N) is 4. The van der Waals surface area contributed by atoms with Crippen LogP contribution < -0.4 is 37.3 Å². The highest BCUT2D eigenvalue weighted by Crippen LogP contribution is 2.42. The van der Waals surface area contributed by atoms with Crippen molar-refractivity contribution < 1.29 is 52.5 Å². The second kappa shape index (κ2) is 19.9. The van der Waals surface area contributed by atoms with E-state index in [0.717, 1.165) is 16.5 Å². The molecule has 19 nitrogen and oxygen atoms in total. The first-order valence-corrected chi connectivity index (χ1v) is 21.8. The van der Waals surface area contributed by atoms with Gasteiger partial charge in [-0.1, -0.05) is 39.8 Å². The Morgan fingerprint density at radius 1 is 0.970 bits per heavy atom. The standard InChI is InChI=1S/C47H57N7O12/c1-9-29-30-20-28(62-8)17-18-34(30)51-38-31(29)22-54-36(38)21-33-32(41(54)57)24-63-42(58)47(33,10-2)66-45(61)64-23-26-13-15-27(16-14-26)50-39(55)35(12-11-19-49-43(48)59)52-40(56)37(25(3)4)53-44(60)65-46(5,6)7/h13-18,20-21,25,35,37H,9-12,19,22-24H2,1-8H3,(H,50,55)(H,52,56)(H,53,60)(H3,48,49,59)/t35-,37-,47-/m0/s1. The van der Waals surface area contributed by atoms with E-state index >= 15 is 0 Å². The normalized spacial score (nSPS) is 15.9. The number of fused-ring (bicyclic) bond motifs is 5. The van der Waals surface area contributed by atoms with E-state index in [0.29, 0.717) is 40.3 Å². The van der Waals surface area contributed by atoms with Gasteiger partial charge in [0.2, 0.25) is 17.4 Å². The number of hydrogen-bond donors (Lipinski definition) is 5. The number of aryl methyl sites for hydroxylation is 1. The van der Waals surface area contributed by atoms with Crippen LogP contribution in [0, 0.1) is 5.92 Å². The summed E-state index contributed by atoms with van der Waals surface area (Å²) in [6.45, 7) is 12.0. The second-order valence-corrected chi connectivity index (χ2v) is 17.4. The summed E-state index contributed by atoms with van der Waals surface area (Å²) in [6.07, 6.45) is -0.992. The van der Waals surface area contributed by atoms with Crippen molar-refractivity contribution in [2.75, 3.05) is 19.0 Å². The molecule has 4 aromatic rings. The van der Waals surface area contributed by atoms with E-state index in [4.69, 9.17) is 34.4 Å². The van der Waals surface area contributed by atoms with Gasteiger partial charge in [0.05, 0.1) is 36.1 Å². The highest BCUT2D eigenvalue weighted by atomic mass is 16.7. The molecule has 0 bridgehead atoms. The Labute approximate surface area is 381 Å². The lowest BCUT2D eigenvalue weighted by atomic mass is 9.85. The number of amides is 5. The first-order chi connectivity index (χ1) is 31.3. The maximum absolute atomic E-state index is 14.1. The van der Waals surface area contributed by atoms with Gasteiger partial charge in [-0.25, -0.2) is 24.2 Å². The molecule has 0 fully saturated rings. The van der Waals surface area contributed by atoms with Crippen LogP contribution in [0.15, 0.2) is 53.3 Å². The molecule has 6 N–H and O–H groups in total. The van der Waals surface area contributed by atoms with Crippen molar-refractivity contribution in [2.45, 2.75) is 117 Å². The summed E-state index contributed by atoms with van der Waals surface area (Å²) in [6, 6.07) is 10.7. The van der Waals surface area contributed by atoms with E-state index in [1.54, 1.807) is 83.6 Å². The molecule has 2 aliphatic heterocycles. The number of anilines is 1. The van der Waals surface area contributed by atoms with Gasteiger partial charge >= 0.3 is 24.2 Å². The zero-order valence-electron chi connectivity index (χ0n) is 38.4. The number of carbonyl (C=O) groups is 6. The van der Waals surface area contributed by atoms with Gasteiger partial charge in [0, 0.05) is 28.7 Å². The van der Waals surface area contributed by atoms with E-state index in [9.17, 15) is 33.6 Å². The summed E-state index contributed by atoms with van der Waals surface area (Å²) in [7, 11) is 1.59. The molecule has 0 radical (unpaired) electrons. The molecule has 2 aliphatic rings. The van der Waals surface area contributed by atoms with E-state index in [1.807, 2.05) is 25.1 Å². The van der Waals surface area contributed by atoms with Crippen molar-refractivity contribution in [1.29, 1.82) is 0 Å². The summed E-state index contributed by atoms with van der Waals surface area (Å²) < 4.78 is 29.2. The van der Waals surface area contributed by atoms with Crippen molar-refractivity contribution in [1.82, 2.24) is 25.5 Å². The maximum atomic E-state index is 14.1. The molecule has 352 valence electrons. The molecule has 0 aliphatic carbocycles. The third kappa shape index (κ3) is 10.5. The number of nitrogens with two attached hydrogens (primary N) is 1. The Bertz CT molecular complexity index is 2600. The van der Waals surface area contributed by atoms with Crippen LogP contribution in [0.2, 0.25) is 0 Å². The maximum Gasteiger partial charge on any atom is 0.510 e. The largest absolute Gasteiger partial charge is 0.510 e. The van der Waals surface area contributed by atoms with Crippen LogP contribution in [0.4, 0.5) is 20.1 Å². The molecule has 2 aromatic heterocycles. The summed E-state index contributed by atoms with van der Waals surface area (Å²) in [5, 5.41) is 11.4. The number of rotatable bonds is 16. The fourth-order valence-electron chi connectivity index (χ4n) is 8.07. The number of nitrogens with zero attached hydrogens (tertiary/aromatic N) is 2. The molecule has 19 heteroatoms. The third-order valence-electron chi connectivity index (χ3n) is 11.4. The summed E-state index contributed by atoms with van der Waals surface area (Å²) in [4.78, 5) is 96.9. The molecule has 0 saturated carbocycles. The first kappa shape index (κ1) is 48.3. The minimum atomic E-state index is -1.99. The van der Waals surface area contributed by atoms with Crippen LogP contribution in [-0.2, 0) is 65.1 Å². The number of benzene rings is 2. The Morgan fingerprint density at radius 3 is 2.33 bits per heavy atom. The van der Waals surface area contributed by atoms with Crippen molar-refractivity contribution in [3.8, 4) is 17.1 Å². The number of urea groups is 1. The van der Waals surface area contributed by atoms with E-state index in [1.165, 1.54) is 0 Å². The molecule has 5 amide bonds. The highest BCUT2D eigenvalue weighted by Gasteiger charge is 2.51. The molecule has 2 aromatic carbocycles. The van der Waals surface area contributed by atoms with Crippen LogP contribution in [0.3, 0.4) is 0 Å². The molecule has 66 heavy (non-hydrogen) atoms. The minimum absolute atomic E-state index is 0.0648. The lowest BCUT2D eigenvalue weighted by Gasteiger charge is -2.35. The minimum Gasteiger partial charge on any atom is -0.497 e. The van der Waals surface area contributed by atoms with Gasteiger partial charge < -0.3 is 55.3 Å². The Balaban J connectivity index is 1.14. The predicted octanol–water partition coefficient (Wildman–Crippen LogP) is 5.43. The van der Waals surface area contributed by atoms with Crippen molar-refractivity contribution in [3.63, 3.8) is 0 Å². The Hall–Kier alpha value is -7.18. The third-order valence-corrected chi connectivity index (χ3v) is 11.4. The fourth-order valence-corrected chi connectivity index (χ4v) is 8.07. The molecule has 0 unspecified atom stereocenters. The molecule has 4 heterocycles. The Kier molecular flexibility index (Phi) is 14.6. The van der Waals surface area contributed by atoms with E-state index < -0.39 is 59.3 Å². The smallest absolute Gasteiger partial charge is 0.497 e. The van der Waals surface area contributed by atoms with Crippen LogP contribution in [-0.4, -0.2) is 77.0 Å². The number of cyclic esters (lactones) is 1. The van der Waals surface area contributed by atoms with Crippen molar-refractivity contribution in [3.05, 3.63) is 86.7 Å². The van der Waals surface area contributed by atoms with Crippen LogP contribution in [0.25, 0.3) is 22.3 Å². The van der Waals surface area contributed by atoms with Crippen molar-refractivity contribution in [2.24, 2.45) is 11.7 Å². The predicted molar refractivity (Wildman–Crippen MR) is 241 cm³/mol. The van der Waals surface area contributed by atoms with Gasteiger partial charge in [0.1, 0.15) is 36.6 Å². The van der Waals surface area contributed by atoms with Gasteiger partial charge in [-0.2, -0.15) is 0 Å². The van der Waals surface area contributed by atoms with Crippen LogP contribution in [0.1, 0.15) is 95.5 Å². The quantitative estimate of drug-likeness (QED) is 0.0471. The number of pyridine rings is 2. The van der Waals surface area contributed by atoms with Gasteiger partial charge in [-0.15, -0.1) is 0 Å². The fraction of sp³-hybridized carbons (Fsp3) is 0.447. The van der Waals surface area contributed by atoms with Gasteiger partial charge in [0.15, 0.2) is 0 Å². The first-order valence-electron chi connectivity index (χ1n) is 21.8. The summed E-state index contributed by atoms with van der Waals surface area (Å²) in [5.74, 6) is -1.73. The average molecular weight is 912 g/mol. The molecule has 3 atom stereocenters. The number of primary amides is 1. The topological polar surface area (TPSA) is 258 Å². The number of carbonyl (C=O) groups excluding carboxylic acids is 6. The average Bonchev–Trinajstić information content (AvgIpc) is 3.63. The molecular formula is C47H57N7O12. The monoisotopic (exact) mass is 911 g/mol. The van der Waals surface area contributed by atoms with E-state index in [2.05, 4.69) is 21.3 Å². The molecule has 0 spiro atoms. The zero-order chi connectivity index (χ0) is 48.1. The summed E-state index contributed by atoms with van der Waals surface area (Å²) in [5.41, 5.74) is 6.92. The van der Waals surface area contributed by atoms with Gasteiger partial charge in [-0.05, 0) is 99.9 Å². The number of methoxy groups -OCH3 is 1. The SMILES string of the molecule is CCc1c2c(nc3ccc(OC)cc13)-c1cc3c(c(=O)n1C2)COC(=O)[C@@]3(CC)OC(=O)OCc1ccc(NC(=O)[C@H](CCCNC(N)=O)NC(=O)[C@@H](NC(=O)OC(C)(C)C)C(C)C)cc1. The number of alkyl carbamates (subject to hydrolysis) is 1.